The Bertz CT molecular complexity index is 2300. The number of nitrogens with zero attached hydrogens (tertiary/aromatic N) is 4. The first-order chi connectivity index (χ1) is 39.3. The zero-order valence-corrected chi connectivity index (χ0v) is 48.4. The van der Waals surface area contributed by atoms with Crippen LogP contribution in [-0.4, -0.2) is 82.8 Å². The Morgan fingerprint density at radius 3 is 0.963 bits per heavy atom. The minimum atomic E-state index is -1.77. The van der Waals surface area contributed by atoms with Crippen molar-refractivity contribution < 1.29 is 52.2 Å². The van der Waals surface area contributed by atoms with Gasteiger partial charge >= 0.3 is 11.9 Å². The topological polar surface area (TPSA) is 167 Å². The number of unbranched alkanes of at least 4 members (excludes halogenated alkanes) is 18. The number of hydrogen-bond donors (Lipinski definition) is 0. The predicted octanol–water partition coefficient (Wildman–Crippen LogP) is 17.0. The van der Waals surface area contributed by atoms with Crippen LogP contribution >= 0.6 is 0 Å². The monoisotopic (exact) mass is 1100 g/mol. The van der Waals surface area contributed by atoms with Gasteiger partial charge in [0.25, 0.3) is 0 Å². The number of carbonyl (C=O) groups is 2. The summed E-state index contributed by atoms with van der Waals surface area (Å²) < 4.78 is 54.1. The SMILES string of the molecule is CCCCCCCCCCCCOc1ccc(N=Nc2ccc(OCCOC(=O)[C@@]34O[C@@](C(=O)OCCOc5ccc(N=Nc6ccc(OCCCCCCCCCCCC)cc6)cc5)(C5CCCCC53)C4(OC)OC)cc2)cc1. The summed E-state index contributed by atoms with van der Waals surface area (Å²) in [6, 6.07) is 29.6. The average molecular weight is 1100 g/mol. The minimum Gasteiger partial charge on any atom is -0.494 e. The van der Waals surface area contributed by atoms with E-state index in [4.69, 9.17) is 42.6 Å². The molecule has 0 spiro atoms. The molecule has 0 radical (unpaired) electrons. The van der Waals surface area contributed by atoms with Crippen LogP contribution in [0.1, 0.15) is 168 Å². The summed E-state index contributed by atoms with van der Waals surface area (Å²) in [7, 11) is 2.84. The van der Waals surface area contributed by atoms with Crippen LogP contribution in [0.3, 0.4) is 0 Å². The van der Waals surface area contributed by atoms with E-state index >= 15 is 0 Å². The Hall–Kier alpha value is -5.90. The molecule has 4 aliphatic rings. The van der Waals surface area contributed by atoms with E-state index in [2.05, 4.69) is 34.3 Å². The standard InChI is InChI=1S/C65H90N4O11/c1-5-7-9-11-13-15-17-19-21-25-45-74-55-37-29-51(30-38-55)66-68-53-33-41-57(42-34-53)76-47-49-78-61(70)63-59-27-23-24-28-60(59)64(80-63,65(63,72-3)73-4)62(71)79-50-48-77-58-43-35-54(36-44-58)69-67-52-31-39-56(40-32-52)75-46-26-22-20-18-16-14-12-10-8-6-2/h29-44,59-60H,5-28,45-50H2,1-4H3/t59?,60?,63-,64+. The fourth-order valence-corrected chi connectivity index (χ4v) is 11.7. The van der Waals surface area contributed by atoms with Crippen molar-refractivity contribution >= 4 is 34.7 Å². The van der Waals surface area contributed by atoms with Crippen LogP contribution in [0.5, 0.6) is 23.0 Å². The summed E-state index contributed by atoms with van der Waals surface area (Å²) >= 11 is 0. The molecule has 2 saturated heterocycles. The van der Waals surface area contributed by atoms with Gasteiger partial charge in [-0.2, -0.15) is 20.5 Å². The fraction of sp³-hybridized carbons (Fsp3) is 0.600. The molecule has 436 valence electrons. The number of esters is 2. The third-order valence-corrected chi connectivity index (χ3v) is 15.9. The second kappa shape index (κ2) is 33.1. The molecule has 2 unspecified atom stereocenters. The van der Waals surface area contributed by atoms with Crippen molar-refractivity contribution in [2.75, 3.05) is 53.9 Å². The average Bonchev–Trinajstić information content (AvgIpc) is 4.16. The highest BCUT2D eigenvalue weighted by Gasteiger charge is 2.96. The van der Waals surface area contributed by atoms with Crippen LogP contribution in [0.2, 0.25) is 0 Å². The van der Waals surface area contributed by atoms with Gasteiger partial charge in [-0.3, -0.25) is 0 Å². The summed E-state index contributed by atoms with van der Waals surface area (Å²) in [6.45, 7) is 5.94. The van der Waals surface area contributed by atoms with Gasteiger partial charge in [0.1, 0.15) is 49.4 Å². The van der Waals surface area contributed by atoms with E-state index in [1.165, 1.54) is 130 Å². The van der Waals surface area contributed by atoms with Crippen molar-refractivity contribution in [1.82, 2.24) is 0 Å². The van der Waals surface area contributed by atoms with Gasteiger partial charge in [0.05, 0.1) is 36.0 Å². The Balaban J connectivity index is 0.795. The van der Waals surface area contributed by atoms with E-state index in [1.807, 2.05) is 48.5 Å². The van der Waals surface area contributed by atoms with E-state index in [0.29, 0.717) is 48.9 Å². The van der Waals surface area contributed by atoms with Gasteiger partial charge < -0.3 is 42.6 Å². The molecule has 4 fully saturated rings. The maximum absolute atomic E-state index is 14.2. The zero-order chi connectivity index (χ0) is 56.1. The molecule has 15 heteroatoms. The van der Waals surface area contributed by atoms with Crippen molar-refractivity contribution in [3.8, 4) is 23.0 Å². The highest BCUT2D eigenvalue weighted by molar-refractivity contribution is 5.94. The second-order valence-corrected chi connectivity index (χ2v) is 21.5. The van der Waals surface area contributed by atoms with Gasteiger partial charge in [-0.15, -0.1) is 0 Å². The largest absolute Gasteiger partial charge is 0.494 e. The summed E-state index contributed by atoms with van der Waals surface area (Å²) in [4.78, 5) is 28.5. The first-order valence-corrected chi connectivity index (χ1v) is 30.2. The number of ether oxygens (including phenoxy) is 9. The first-order valence-electron chi connectivity index (χ1n) is 30.2. The molecule has 4 aromatic carbocycles. The molecule has 2 aliphatic heterocycles. The van der Waals surface area contributed by atoms with Gasteiger partial charge in [-0.1, -0.05) is 142 Å². The van der Waals surface area contributed by atoms with Gasteiger partial charge in [-0.05, 0) is 123 Å². The van der Waals surface area contributed by atoms with Crippen LogP contribution < -0.4 is 18.9 Å². The smallest absolute Gasteiger partial charge is 0.344 e. The Morgan fingerprint density at radius 2 is 0.675 bits per heavy atom. The van der Waals surface area contributed by atoms with Crippen molar-refractivity contribution in [3.63, 3.8) is 0 Å². The highest BCUT2D eigenvalue weighted by atomic mass is 16.8. The number of methoxy groups -OCH3 is 2. The maximum Gasteiger partial charge on any atom is 0.344 e. The molecule has 2 saturated carbocycles. The highest BCUT2D eigenvalue weighted by Crippen LogP contribution is 2.73. The molecular formula is C65H90N4O11. The Morgan fingerprint density at radius 1 is 0.400 bits per heavy atom. The van der Waals surface area contributed by atoms with E-state index in [9.17, 15) is 9.59 Å². The molecule has 0 N–H and O–H groups in total. The molecule has 2 heterocycles. The van der Waals surface area contributed by atoms with Crippen molar-refractivity contribution in [1.29, 1.82) is 0 Å². The van der Waals surface area contributed by atoms with E-state index < -0.39 is 40.8 Å². The molecule has 80 heavy (non-hydrogen) atoms. The van der Waals surface area contributed by atoms with Crippen LogP contribution in [0.15, 0.2) is 118 Å². The number of azo groups is 2. The maximum atomic E-state index is 14.2. The van der Waals surface area contributed by atoms with Crippen LogP contribution in [-0.2, 0) is 33.3 Å². The molecule has 8 rings (SSSR count). The zero-order valence-electron chi connectivity index (χ0n) is 48.4. The molecular weight excluding hydrogens is 1010 g/mol. The summed E-state index contributed by atoms with van der Waals surface area (Å²) in [5, 5.41) is 17.5. The number of hydrogen-bond acceptors (Lipinski definition) is 15. The van der Waals surface area contributed by atoms with E-state index in [-0.39, 0.29) is 26.4 Å². The predicted molar refractivity (Wildman–Crippen MR) is 310 cm³/mol. The van der Waals surface area contributed by atoms with E-state index in [1.54, 1.807) is 48.5 Å². The molecule has 2 aliphatic carbocycles. The lowest BCUT2D eigenvalue weighted by molar-refractivity contribution is -0.445. The number of rotatable bonds is 40. The fourth-order valence-electron chi connectivity index (χ4n) is 11.7. The summed E-state index contributed by atoms with van der Waals surface area (Å²) in [5.41, 5.74) is -0.598. The third-order valence-electron chi connectivity index (χ3n) is 15.9. The van der Waals surface area contributed by atoms with Gasteiger partial charge in [-0.25, -0.2) is 9.59 Å². The third kappa shape index (κ3) is 16.4. The van der Waals surface area contributed by atoms with E-state index in [0.717, 1.165) is 48.6 Å². The molecule has 4 aromatic rings. The lowest BCUT2D eigenvalue weighted by atomic mass is 9.76. The first kappa shape index (κ1) is 61.7. The molecule has 2 bridgehead atoms. The Labute approximate surface area is 476 Å². The quantitative estimate of drug-likeness (QED) is 0.0180. The molecule has 4 atom stereocenters. The molecule has 0 aromatic heterocycles. The lowest BCUT2D eigenvalue weighted by Crippen LogP contribution is -2.84. The van der Waals surface area contributed by atoms with Gasteiger partial charge in [0, 0.05) is 26.1 Å². The second-order valence-electron chi connectivity index (χ2n) is 21.5. The van der Waals surface area contributed by atoms with Crippen molar-refractivity contribution in [3.05, 3.63) is 97.1 Å². The summed E-state index contributed by atoms with van der Waals surface area (Å²) in [6.07, 6.45) is 28.9. The molecule has 15 nitrogen and oxygen atoms in total. The van der Waals surface area contributed by atoms with Crippen LogP contribution in [0.4, 0.5) is 22.7 Å². The van der Waals surface area contributed by atoms with Crippen LogP contribution in [0, 0.1) is 11.8 Å². The van der Waals surface area contributed by atoms with Crippen LogP contribution in [0.25, 0.3) is 0 Å². The minimum absolute atomic E-state index is 0.0710. The van der Waals surface area contributed by atoms with Gasteiger partial charge in [0.2, 0.25) is 17.0 Å². The van der Waals surface area contributed by atoms with Gasteiger partial charge in [0.15, 0.2) is 0 Å². The van der Waals surface area contributed by atoms with Crippen molar-refractivity contribution in [2.24, 2.45) is 32.3 Å². The Kier molecular flexibility index (Phi) is 25.6. The molecule has 0 amide bonds. The number of benzene rings is 4. The lowest BCUT2D eigenvalue weighted by Gasteiger charge is -2.58. The number of carbonyl (C=O) groups excluding carboxylic acids is 2. The van der Waals surface area contributed by atoms with Crippen molar-refractivity contribution in [2.45, 2.75) is 185 Å². The summed E-state index contributed by atoms with van der Waals surface area (Å²) in [5.74, 6) is -1.10. The normalized spacial score (nSPS) is 19.9.